The second kappa shape index (κ2) is 22.5. The summed E-state index contributed by atoms with van der Waals surface area (Å²) in [5.74, 6) is 1.11. The molecule has 2 aromatic heterocycles. The molecule has 1 saturated carbocycles. The van der Waals surface area contributed by atoms with E-state index >= 15 is 0 Å². The number of piperidine rings is 3. The van der Waals surface area contributed by atoms with Crippen LogP contribution in [0.15, 0.2) is 42.9 Å². The van der Waals surface area contributed by atoms with Crippen molar-refractivity contribution in [2.24, 2.45) is 11.7 Å². The van der Waals surface area contributed by atoms with E-state index in [-0.39, 0.29) is 42.0 Å². The van der Waals surface area contributed by atoms with Gasteiger partial charge in [0, 0.05) is 83.2 Å². The zero-order chi connectivity index (χ0) is 47.8. The summed E-state index contributed by atoms with van der Waals surface area (Å²) in [5.41, 5.74) is 6.12. The maximum atomic E-state index is 14.7. The fourth-order valence-electron chi connectivity index (χ4n) is 10.8. The number of H-pyrrole nitrogens is 1. The van der Waals surface area contributed by atoms with Crippen LogP contribution in [0.2, 0.25) is 5.02 Å². The second-order valence-corrected chi connectivity index (χ2v) is 21.2. The molecule has 8 rings (SSSR count). The van der Waals surface area contributed by atoms with Gasteiger partial charge in [-0.1, -0.05) is 43.0 Å². The molecule has 17 nitrogen and oxygen atoms in total. The number of amides is 4. The van der Waals surface area contributed by atoms with Gasteiger partial charge in [0.2, 0.25) is 17.7 Å². The van der Waals surface area contributed by atoms with Gasteiger partial charge in [-0.2, -0.15) is 0 Å². The lowest BCUT2D eigenvalue weighted by molar-refractivity contribution is -0.139. The van der Waals surface area contributed by atoms with Crippen LogP contribution in [-0.4, -0.2) is 166 Å². The van der Waals surface area contributed by atoms with Gasteiger partial charge in [0.15, 0.2) is 0 Å². The summed E-state index contributed by atoms with van der Waals surface area (Å²) in [4.78, 5) is 77.5. The number of hydrogen-bond acceptors (Lipinski definition) is 12. The van der Waals surface area contributed by atoms with Crippen molar-refractivity contribution < 1.29 is 28.7 Å². The first kappa shape index (κ1) is 49.9. The van der Waals surface area contributed by atoms with E-state index < -0.39 is 17.2 Å². The Kier molecular flexibility index (Phi) is 16.5. The molecular weight excluding hydrogens is 886 g/mol. The number of anilines is 1. The Labute approximate surface area is 406 Å². The van der Waals surface area contributed by atoms with Crippen LogP contribution in [0.4, 0.5) is 10.6 Å². The predicted molar refractivity (Wildman–Crippen MR) is 262 cm³/mol. The molecule has 0 radical (unpaired) electrons. The molecular formula is C50H74ClN11O6. The van der Waals surface area contributed by atoms with Crippen molar-refractivity contribution >= 4 is 52.3 Å². The summed E-state index contributed by atoms with van der Waals surface area (Å²) < 4.78 is 12.2. The van der Waals surface area contributed by atoms with Crippen molar-refractivity contribution in [1.82, 2.24) is 45.2 Å². The highest BCUT2D eigenvalue weighted by atomic mass is 35.5. The maximum Gasteiger partial charge on any atom is 0.408 e. The third-order valence-electron chi connectivity index (χ3n) is 14.9. The Morgan fingerprint density at radius 3 is 2.15 bits per heavy atom. The average Bonchev–Trinajstić information content (AvgIpc) is 3.83. The highest BCUT2D eigenvalue weighted by molar-refractivity contribution is 6.30. The first-order chi connectivity index (χ1) is 32.7. The maximum absolute atomic E-state index is 14.7. The molecule has 4 amide bonds. The molecule has 4 saturated heterocycles. The number of nitrogens with one attached hydrogen (secondary N) is 3. The minimum absolute atomic E-state index is 0.117. The Hall–Kier alpha value is -4.55. The van der Waals surface area contributed by atoms with Crippen LogP contribution in [0.25, 0.3) is 11.0 Å². The highest BCUT2D eigenvalue weighted by Gasteiger charge is 2.45. The van der Waals surface area contributed by atoms with Crippen LogP contribution in [-0.2, 0) is 23.9 Å². The number of rotatable bonds is 14. The van der Waals surface area contributed by atoms with Crippen molar-refractivity contribution in [2.45, 2.75) is 133 Å². The fourth-order valence-corrected chi connectivity index (χ4v) is 11.0. The van der Waals surface area contributed by atoms with E-state index in [9.17, 15) is 19.2 Å². The molecule has 372 valence electrons. The molecule has 18 heteroatoms. The third-order valence-corrected chi connectivity index (χ3v) is 15.2. The lowest BCUT2D eigenvalue weighted by Gasteiger charge is -2.42. The first-order valence-electron chi connectivity index (χ1n) is 25.2. The summed E-state index contributed by atoms with van der Waals surface area (Å²) in [5, 5.41) is 7.85. The monoisotopic (exact) mass is 960 g/mol. The SMILES string of the molecule is CC(C)(C)OC(=O)NC1(C(=O)N[C@@H](CCN2CCN(C(=O)CN3CCC(OC4CCN(C(=O)[C@H](N)C5CCCCC5)CC4)CC3)CC2)c2ccc(Cl)cc2)CCN(c2ncnc3[nH]ccc23)CC1. The Bertz CT molecular complexity index is 2150. The van der Waals surface area contributed by atoms with E-state index in [0.29, 0.717) is 82.6 Å². The third kappa shape index (κ3) is 12.8. The highest BCUT2D eigenvalue weighted by Crippen LogP contribution is 2.32. The topological polar surface area (TPSA) is 195 Å². The Morgan fingerprint density at radius 2 is 1.49 bits per heavy atom. The van der Waals surface area contributed by atoms with Gasteiger partial charge >= 0.3 is 6.09 Å². The summed E-state index contributed by atoms with van der Waals surface area (Å²) >= 11 is 6.32. The number of likely N-dealkylation sites (tertiary alicyclic amines) is 2. The number of halogens is 1. The van der Waals surface area contributed by atoms with Gasteiger partial charge in [-0.3, -0.25) is 24.2 Å². The summed E-state index contributed by atoms with van der Waals surface area (Å²) in [6.07, 6.45) is 13.6. The van der Waals surface area contributed by atoms with Crippen LogP contribution in [0.1, 0.15) is 109 Å². The van der Waals surface area contributed by atoms with Gasteiger partial charge in [0.25, 0.3) is 0 Å². The van der Waals surface area contributed by atoms with Crippen LogP contribution in [0, 0.1) is 5.92 Å². The van der Waals surface area contributed by atoms with Crippen LogP contribution >= 0.6 is 11.6 Å². The lowest BCUT2D eigenvalue weighted by Crippen LogP contribution is -2.64. The number of aromatic amines is 1. The molecule has 0 spiro atoms. The molecule has 0 unspecified atom stereocenters. The molecule has 4 aliphatic heterocycles. The van der Waals surface area contributed by atoms with E-state index in [1.807, 2.05) is 46.3 Å². The van der Waals surface area contributed by atoms with Gasteiger partial charge in [0.1, 0.15) is 28.9 Å². The molecule has 1 aliphatic carbocycles. The molecule has 68 heavy (non-hydrogen) atoms. The predicted octanol–water partition coefficient (Wildman–Crippen LogP) is 5.25. The summed E-state index contributed by atoms with van der Waals surface area (Å²) in [7, 11) is 0. The zero-order valence-electron chi connectivity index (χ0n) is 40.4. The number of hydrogen-bond donors (Lipinski definition) is 4. The molecule has 5 N–H and O–H groups in total. The van der Waals surface area contributed by atoms with Crippen LogP contribution in [0.3, 0.4) is 0 Å². The van der Waals surface area contributed by atoms with E-state index in [0.717, 1.165) is 87.1 Å². The van der Waals surface area contributed by atoms with Gasteiger partial charge < -0.3 is 45.5 Å². The number of carbonyl (C=O) groups is 4. The minimum Gasteiger partial charge on any atom is -0.444 e. The molecule has 2 atom stereocenters. The van der Waals surface area contributed by atoms with E-state index in [1.54, 1.807) is 20.8 Å². The van der Waals surface area contributed by atoms with Gasteiger partial charge in [-0.25, -0.2) is 14.8 Å². The van der Waals surface area contributed by atoms with Crippen molar-refractivity contribution in [3.05, 3.63) is 53.4 Å². The van der Waals surface area contributed by atoms with Crippen molar-refractivity contribution in [3.8, 4) is 0 Å². The molecule has 6 heterocycles. The number of carbonyl (C=O) groups excluding carboxylic acids is 4. The van der Waals surface area contributed by atoms with Gasteiger partial charge in [-0.15, -0.1) is 0 Å². The quantitative estimate of drug-likeness (QED) is 0.164. The van der Waals surface area contributed by atoms with E-state index in [1.165, 1.54) is 25.6 Å². The number of ether oxygens (including phenoxy) is 2. The van der Waals surface area contributed by atoms with Crippen molar-refractivity contribution in [2.75, 3.05) is 83.4 Å². The van der Waals surface area contributed by atoms with Crippen molar-refractivity contribution in [3.63, 3.8) is 0 Å². The molecule has 5 aliphatic rings. The molecule has 0 bridgehead atoms. The number of aromatic nitrogens is 3. The van der Waals surface area contributed by atoms with E-state index in [2.05, 4.69) is 40.3 Å². The normalized spacial score (nSPS) is 21.6. The van der Waals surface area contributed by atoms with Crippen LogP contribution < -0.4 is 21.3 Å². The number of piperazine rings is 1. The van der Waals surface area contributed by atoms with Gasteiger partial charge in [0.05, 0.1) is 36.2 Å². The molecule has 5 fully saturated rings. The number of nitrogens with zero attached hydrogens (tertiary/aromatic N) is 7. The average molecular weight is 961 g/mol. The summed E-state index contributed by atoms with van der Waals surface area (Å²) in [6, 6.07) is 8.75. The number of nitrogens with two attached hydrogens (primary N) is 1. The largest absolute Gasteiger partial charge is 0.444 e. The summed E-state index contributed by atoms with van der Waals surface area (Å²) in [6.45, 7) is 13.3. The Balaban J connectivity index is 0.796. The first-order valence-corrected chi connectivity index (χ1v) is 25.6. The fraction of sp³-hybridized carbons (Fsp3) is 0.680. The molecule has 3 aromatic rings. The van der Waals surface area contributed by atoms with Gasteiger partial charge in [-0.05, 0) is 108 Å². The number of benzene rings is 1. The van der Waals surface area contributed by atoms with E-state index in [4.69, 9.17) is 26.8 Å². The van der Waals surface area contributed by atoms with Crippen LogP contribution in [0.5, 0.6) is 0 Å². The lowest BCUT2D eigenvalue weighted by atomic mass is 9.83. The standard InChI is InChI=1S/C50H74ClN11O6/c1-49(2,3)68-48(66)57-50(19-27-61(28-20-50)45-40-13-21-53-44(40)54-34-55-45)47(65)56-41(35-9-11-37(51)12-10-35)18-24-58-29-31-60(32-30-58)42(63)33-59-22-14-38(15-23-59)67-39-16-25-62(26-17-39)46(64)43(52)36-7-5-4-6-8-36/h9-13,21,34,36,38-39,41,43H,4-8,14-20,22-33,52H2,1-3H3,(H,56,65)(H,57,66)(H,53,54,55)/t41-,43+/m0/s1. The smallest absolute Gasteiger partial charge is 0.408 e. The molecule has 1 aromatic carbocycles. The number of alkyl carbamates (subject to hydrolysis) is 1. The second-order valence-electron chi connectivity index (χ2n) is 20.8. The number of fused-ring (bicyclic) bond motifs is 1. The van der Waals surface area contributed by atoms with Crippen molar-refractivity contribution in [1.29, 1.82) is 0 Å². The zero-order valence-corrected chi connectivity index (χ0v) is 41.2. The minimum atomic E-state index is -1.23. The Morgan fingerprint density at radius 1 is 0.824 bits per heavy atom.